The van der Waals surface area contributed by atoms with Crippen LogP contribution in [0.5, 0.6) is 5.75 Å². The largest absolute Gasteiger partial charge is 0.495 e. The first-order valence-electron chi connectivity index (χ1n) is 9.03. The van der Waals surface area contributed by atoms with Crippen molar-refractivity contribution in [2.24, 2.45) is 5.92 Å². The summed E-state index contributed by atoms with van der Waals surface area (Å²) in [6, 6.07) is 9.58. The van der Waals surface area contributed by atoms with Crippen LogP contribution in [-0.4, -0.2) is 28.0 Å². The summed E-state index contributed by atoms with van der Waals surface area (Å²) in [5, 5.41) is 0.213. The van der Waals surface area contributed by atoms with E-state index in [4.69, 9.17) is 16.3 Å². The number of rotatable bonds is 5. The first-order valence-corrected chi connectivity index (χ1v) is 10.9. The highest BCUT2D eigenvalue weighted by molar-refractivity contribution is 7.92. The van der Waals surface area contributed by atoms with Crippen molar-refractivity contribution in [2.75, 3.05) is 23.3 Å². The van der Waals surface area contributed by atoms with Crippen molar-refractivity contribution in [2.45, 2.75) is 31.6 Å². The standard InChI is InChI=1S/C20H23ClN2O4S/c1-13(2)20(24)23-10-4-5-14-6-7-15(11-18(14)23)22-28(25,26)16-8-9-19(27-3)17(21)12-16/h6-9,11-13,22H,4-5,10H2,1-3H3. The van der Waals surface area contributed by atoms with Crippen molar-refractivity contribution in [1.29, 1.82) is 0 Å². The molecule has 1 aliphatic rings. The summed E-state index contributed by atoms with van der Waals surface area (Å²) in [5.74, 6) is 0.299. The summed E-state index contributed by atoms with van der Waals surface area (Å²) in [6.45, 7) is 4.35. The first kappa shape index (κ1) is 20.5. The summed E-state index contributed by atoms with van der Waals surface area (Å²) in [6.07, 6.45) is 1.75. The van der Waals surface area contributed by atoms with Crippen molar-refractivity contribution in [3.05, 3.63) is 47.0 Å². The number of ether oxygens (including phenoxy) is 1. The van der Waals surface area contributed by atoms with E-state index in [0.717, 1.165) is 24.1 Å². The number of nitrogens with zero attached hydrogens (tertiary/aromatic N) is 1. The quantitative estimate of drug-likeness (QED) is 0.787. The summed E-state index contributed by atoms with van der Waals surface area (Å²) in [4.78, 5) is 14.3. The molecule has 1 heterocycles. The SMILES string of the molecule is COc1ccc(S(=O)(=O)Nc2ccc3c(c2)N(C(=O)C(C)C)CCC3)cc1Cl. The number of benzene rings is 2. The second-order valence-electron chi connectivity index (χ2n) is 6.99. The Morgan fingerprint density at radius 3 is 2.61 bits per heavy atom. The lowest BCUT2D eigenvalue weighted by atomic mass is 9.99. The van der Waals surface area contributed by atoms with Gasteiger partial charge in [0.1, 0.15) is 5.75 Å². The first-order chi connectivity index (χ1) is 13.2. The number of halogens is 1. The zero-order chi connectivity index (χ0) is 20.5. The van der Waals surface area contributed by atoms with E-state index in [2.05, 4.69) is 4.72 Å². The summed E-state index contributed by atoms with van der Waals surface area (Å²) < 4.78 is 33.1. The van der Waals surface area contributed by atoms with E-state index in [1.54, 1.807) is 17.0 Å². The average Bonchev–Trinajstić information content (AvgIpc) is 2.66. The molecule has 0 saturated heterocycles. The third kappa shape index (κ3) is 4.10. The molecule has 0 aliphatic carbocycles. The molecule has 0 radical (unpaired) electrons. The van der Waals surface area contributed by atoms with E-state index in [-0.39, 0.29) is 21.7 Å². The minimum atomic E-state index is -3.83. The minimum absolute atomic E-state index is 0.0305. The Labute approximate surface area is 170 Å². The predicted molar refractivity (Wildman–Crippen MR) is 111 cm³/mol. The van der Waals surface area contributed by atoms with Crippen LogP contribution in [0.15, 0.2) is 41.3 Å². The van der Waals surface area contributed by atoms with Crippen LogP contribution < -0.4 is 14.4 Å². The number of hydrogen-bond donors (Lipinski definition) is 1. The number of amides is 1. The van der Waals surface area contributed by atoms with Gasteiger partial charge >= 0.3 is 0 Å². The van der Waals surface area contributed by atoms with Gasteiger partial charge in [-0.3, -0.25) is 9.52 Å². The number of sulfonamides is 1. The third-order valence-electron chi connectivity index (χ3n) is 4.65. The Morgan fingerprint density at radius 1 is 1.21 bits per heavy atom. The Morgan fingerprint density at radius 2 is 1.96 bits per heavy atom. The van der Waals surface area contributed by atoms with Crippen LogP contribution in [0, 0.1) is 5.92 Å². The Bertz CT molecular complexity index is 1010. The topological polar surface area (TPSA) is 75.7 Å². The maximum absolute atomic E-state index is 12.8. The van der Waals surface area contributed by atoms with E-state index in [0.29, 0.717) is 18.0 Å². The molecule has 0 saturated carbocycles. The fourth-order valence-electron chi connectivity index (χ4n) is 3.21. The normalized spacial score (nSPS) is 14.0. The lowest BCUT2D eigenvalue weighted by Gasteiger charge is -2.31. The molecule has 2 aromatic carbocycles. The second kappa shape index (κ2) is 8.01. The van der Waals surface area contributed by atoms with Gasteiger partial charge in [-0.2, -0.15) is 0 Å². The van der Waals surface area contributed by atoms with Gasteiger partial charge in [0, 0.05) is 18.2 Å². The molecule has 6 nitrogen and oxygen atoms in total. The molecule has 0 fully saturated rings. The number of anilines is 2. The van der Waals surface area contributed by atoms with Gasteiger partial charge in [0.05, 0.1) is 22.7 Å². The van der Waals surface area contributed by atoms with Crippen LogP contribution in [0.25, 0.3) is 0 Å². The van der Waals surface area contributed by atoms with Gasteiger partial charge < -0.3 is 9.64 Å². The van der Waals surface area contributed by atoms with Gasteiger partial charge in [-0.25, -0.2) is 8.42 Å². The molecule has 0 unspecified atom stereocenters. The highest BCUT2D eigenvalue weighted by Gasteiger charge is 2.25. The van der Waals surface area contributed by atoms with E-state index < -0.39 is 10.0 Å². The van der Waals surface area contributed by atoms with Gasteiger partial charge in [-0.15, -0.1) is 0 Å². The van der Waals surface area contributed by atoms with E-state index in [1.165, 1.54) is 25.3 Å². The van der Waals surface area contributed by atoms with Crippen molar-refractivity contribution in [3.8, 4) is 5.75 Å². The monoisotopic (exact) mass is 422 g/mol. The second-order valence-corrected chi connectivity index (χ2v) is 9.08. The summed E-state index contributed by atoms with van der Waals surface area (Å²) >= 11 is 6.06. The Hall–Kier alpha value is -2.25. The van der Waals surface area contributed by atoms with E-state index in [9.17, 15) is 13.2 Å². The van der Waals surface area contributed by atoms with Gasteiger partial charge in [0.15, 0.2) is 0 Å². The number of nitrogens with one attached hydrogen (secondary N) is 1. The van der Waals surface area contributed by atoms with Crippen molar-refractivity contribution < 1.29 is 17.9 Å². The lowest BCUT2D eigenvalue weighted by molar-refractivity contribution is -0.121. The summed E-state index contributed by atoms with van der Waals surface area (Å²) in [7, 11) is -2.37. The summed E-state index contributed by atoms with van der Waals surface area (Å²) in [5.41, 5.74) is 2.20. The molecule has 0 bridgehead atoms. The zero-order valence-electron chi connectivity index (χ0n) is 16.0. The molecule has 0 aromatic heterocycles. The molecule has 28 heavy (non-hydrogen) atoms. The number of hydrogen-bond acceptors (Lipinski definition) is 4. The lowest BCUT2D eigenvalue weighted by Crippen LogP contribution is -2.38. The molecule has 0 atom stereocenters. The molecule has 8 heteroatoms. The molecular formula is C20H23ClN2O4S. The fourth-order valence-corrected chi connectivity index (χ4v) is 4.60. The average molecular weight is 423 g/mol. The van der Waals surface area contributed by atoms with Gasteiger partial charge in [-0.1, -0.05) is 31.5 Å². The van der Waals surface area contributed by atoms with E-state index >= 15 is 0 Å². The third-order valence-corrected chi connectivity index (χ3v) is 6.32. The van der Waals surface area contributed by atoms with Crippen molar-refractivity contribution >= 4 is 38.9 Å². The smallest absolute Gasteiger partial charge is 0.261 e. The molecule has 1 N–H and O–H groups in total. The van der Waals surface area contributed by atoms with Crippen LogP contribution in [0.3, 0.4) is 0 Å². The van der Waals surface area contributed by atoms with Crippen LogP contribution >= 0.6 is 11.6 Å². The number of methoxy groups -OCH3 is 1. The molecule has 1 aliphatic heterocycles. The van der Waals surface area contributed by atoms with Crippen LogP contribution in [0.1, 0.15) is 25.8 Å². The predicted octanol–water partition coefficient (Wildman–Crippen LogP) is 4.08. The maximum atomic E-state index is 12.8. The molecule has 1 amide bonds. The number of aryl methyl sites for hydroxylation is 1. The highest BCUT2D eigenvalue weighted by atomic mass is 35.5. The van der Waals surface area contributed by atoms with Gasteiger partial charge in [0.2, 0.25) is 5.91 Å². The van der Waals surface area contributed by atoms with Gasteiger partial charge in [0.25, 0.3) is 10.0 Å². The Balaban J connectivity index is 1.92. The van der Waals surface area contributed by atoms with Crippen LogP contribution in [0.4, 0.5) is 11.4 Å². The zero-order valence-corrected chi connectivity index (χ0v) is 17.6. The van der Waals surface area contributed by atoms with Gasteiger partial charge in [-0.05, 0) is 48.7 Å². The maximum Gasteiger partial charge on any atom is 0.261 e. The molecule has 2 aromatic rings. The minimum Gasteiger partial charge on any atom is -0.495 e. The number of fused-ring (bicyclic) bond motifs is 1. The molecular weight excluding hydrogens is 400 g/mol. The molecule has 0 spiro atoms. The highest BCUT2D eigenvalue weighted by Crippen LogP contribution is 2.33. The van der Waals surface area contributed by atoms with E-state index in [1.807, 2.05) is 19.9 Å². The van der Waals surface area contributed by atoms with Crippen molar-refractivity contribution in [3.63, 3.8) is 0 Å². The number of carbonyl (C=O) groups excluding carboxylic acids is 1. The Kier molecular flexibility index (Phi) is 5.86. The molecule has 150 valence electrons. The number of carbonyl (C=O) groups is 1. The molecule has 3 rings (SSSR count). The fraction of sp³-hybridized carbons (Fsp3) is 0.350. The van der Waals surface area contributed by atoms with Crippen LogP contribution in [0.2, 0.25) is 5.02 Å². The van der Waals surface area contributed by atoms with Crippen molar-refractivity contribution in [1.82, 2.24) is 0 Å². The van der Waals surface area contributed by atoms with Crippen LogP contribution in [-0.2, 0) is 21.2 Å².